The Balaban J connectivity index is 1.05. The van der Waals surface area contributed by atoms with E-state index in [-0.39, 0.29) is 0 Å². The van der Waals surface area contributed by atoms with Gasteiger partial charge in [0.15, 0.2) is 0 Å². The van der Waals surface area contributed by atoms with Gasteiger partial charge < -0.3 is 4.90 Å². The van der Waals surface area contributed by atoms with Gasteiger partial charge in [-0.2, -0.15) is 0 Å². The average molecular weight is 726 g/mol. The third-order valence-corrected chi connectivity index (χ3v) is 11.1. The van der Waals surface area contributed by atoms with E-state index in [4.69, 9.17) is 0 Å². The topological polar surface area (TPSA) is 3.24 Å². The second kappa shape index (κ2) is 15.0. The summed E-state index contributed by atoms with van der Waals surface area (Å²) in [7, 11) is 0. The SMILES string of the molecule is c1ccc(-c2ccccc2-c2ccccc2-c2ccccc2-c2ccc(N(c3ccc(-c4ccc5ccccc5c4)cc3)c3cccc4ccccc34)cc2)cc1. The van der Waals surface area contributed by atoms with E-state index >= 15 is 0 Å². The van der Waals surface area contributed by atoms with Crippen LogP contribution in [0.25, 0.3) is 77.2 Å². The Hall–Kier alpha value is -7.48. The highest BCUT2D eigenvalue weighted by atomic mass is 15.1. The van der Waals surface area contributed by atoms with Gasteiger partial charge in [-0.1, -0.05) is 200 Å². The van der Waals surface area contributed by atoms with Crippen LogP contribution < -0.4 is 4.90 Å². The van der Waals surface area contributed by atoms with Crippen LogP contribution >= 0.6 is 0 Å². The molecule has 0 unspecified atom stereocenters. The number of hydrogen-bond acceptors (Lipinski definition) is 1. The fourth-order valence-electron chi connectivity index (χ4n) is 8.30. The highest BCUT2D eigenvalue weighted by Gasteiger charge is 2.18. The Morgan fingerprint density at radius 1 is 0.228 bits per heavy atom. The van der Waals surface area contributed by atoms with Gasteiger partial charge in [-0.25, -0.2) is 0 Å². The summed E-state index contributed by atoms with van der Waals surface area (Å²) in [4.78, 5) is 2.39. The first-order valence-electron chi connectivity index (χ1n) is 19.6. The van der Waals surface area contributed by atoms with Crippen LogP contribution in [0.4, 0.5) is 17.1 Å². The van der Waals surface area contributed by atoms with Crippen molar-refractivity contribution in [3.8, 4) is 55.6 Å². The van der Waals surface area contributed by atoms with Gasteiger partial charge in [0, 0.05) is 16.8 Å². The Bertz CT molecular complexity index is 2990. The first kappa shape index (κ1) is 34.0. The number of hydrogen-bond donors (Lipinski definition) is 0. The largest absolute Gasteiger partial charge is 0.310 e. The van der Waals surface area contributed by atoms with E-state index < -0.39 is 0 Å². The van der Waals surface area contributed by atoms with Gasteiger partial charge in [0.05, 0.1) is 5.69 Å². The van der Waals surface area contributed by atoms with Gasteiger partial charge >= 0.3 is 0 Å². The van der Waals surface area contributed by atoms with Gasteiger partial charge in [-0.05, 0) is 108 Å². The second-order valence-corrected chi connectivity index (χ2v) is 14.5. The van der Waals surface area contributed by atoms with Gasteiger partial charge in [-0.3, -0.25) is 0 Å². The Morgan fingerprint density at radius 3 is 1.26 bits per heavy atom. The summed E-state index contributed by atoms with van der Waals surface area (Å²) < 4.78 is 0. The van der Waals surface area contributed by atoms with Crippen molar-refractivity contribution in [1.82, 2.24) is 0 Å². The van der Waals surface area contributed by atoms with Crippen LogP contribution in [0.5, 0.6) is 0 Å². The molecule has 0 heterocycles. The van der Waals surface area contributed by atoms with Crippen molar-refractivity contribution in [3.63, 3.8) is 0 Å². The molecule has 1 heteroatoms. The quantitative estimate of drug-likeness (QED) is 0.151. The number of rotatable bonds is 8. The summed E-state index contributed by atoms with van der Waals surface area (Å²) >= 11 is 0. The first-order valence-corrected chi connectivity index (χ1v) is 19.6. The lowest BCUT2D eigenvalue weighted by atomic mass is 9.87. The van der Waals surface area contributed by atoms with Crippen LogP contribution in [0.1, 0.15) is 0 Å². The molecule has 0 aliphatic rings. The highest BCUT2D eigenvalue weighted by Crippen LogP contribution is 2.43. The fourth-order valence-corrected chi connectivity index (χ4v) is 8.30. The summed E-state index contributed by atoms with van der Waals surface area (Å²) in [6.45, 7) is 0. The van der Waals surface area contributed by atoms with E-state index in [1.54, 1.807) is 0 Å². The zero-order valence-corrected chi connectivity index (χ0v) is 31.5. The van der Waals surface area contributed by atoms with Crippen LogP contribution in [0.15, 0.2) is 237 Å². The molecule has 268 valence electrons. The molecule has 0 fully saturated rings. The van der Waals surface area contributed by atoms with Gasteiger partial charge in [0.1, 0.15) is 0 Å². The van der Waals surface area contributed by atoms with Crippen molar-refractivity contribution in [2.75, 3.05) is 4.90 Å². The molecule has 0 N–H and O–H groups in total. The van der Waals surface area contributed by atoms with Gasteiger partial charge in [0.25, 0.3) is 0 Å². The van der Waals surface area contributed by atoms with Crippen LogP contribution in [-0.2, 0) is 0 Å². The Labute approximate surface area is 334 Å². The zero-order chi connectivity index (χ0) is 38.0. The Morgan fingerprint density at radius 2 is 0.649 bits per heavy atom. The number of nitrogens with zero attached hydrogens (tertiary/aromatic N) is 1. The van der Waals surface area contributed by atoms with Crippen molar-refractivity contribution >= 4 is 38.6 Å². The van der Waals surface area contributed by atoms with E-state index in [1.807, 2.05) is 0 Å². The van der Waals surface area contributed by atoms with Crippen LogP contribution in [0.2, 0.25) is 0 Å². The average Bonchev–Trinajstić information content (AvgIpc) is 3.30. The standard InChI is InChI=1S/C56H39N/c1-2-16-42(17-3-1)49-21-8-10-24-52(49)54-26-12-13-27-55(54)53-25-11-9-22-50(53)44-33-37-48(38-34-44)57(56-28-14-20-43-18-6-7-23-51(43)56)47-35-31-41(32-36-47)46-30-29-40-15-4-5-19-45(40)39-46/h1-39H. The lowest BCUT2D eigenvalue weighted by Gasteiger charge is -2.27. The summed E-state index contributed by atoms with van der Waals surface area (Å²) in [5.41, 5.74) is 15.4. The van der Waals surface area contributed by atoms with Crippen molar-refractivity contribution < 1.29 is 0 Å². The van der Waals surface area contributed by atoms with E-state index in [0.29, 0.717) is 0 Å². The molecule has 57 heavy (non-hydrogen) atoms. The minimum absolute atomic E-state index is 1.10. The summed E-state index contributed by atoms with van der Waals surface area (Å²) in [6.07, 6.45) is 0. The maximum absolute atomic E-state index is 2.39. The number of benzene rings is 10. The molecule has 0 aromatic heterocycles. The second-order valence-electron chi connectivity index (χ2n) is 14.5. The molecule has 10 aromatic carbocycles. The third-order valence-electron chi connectivity index (χ3n) is 11.1. The minimum atomic E-state index is 1.10. The van der Waals surface area contributed by atoms with Gasteiger partial charge in [-0.15, -0.1) is 0 Å². The molecule has 1 nitrogen and oxygen atoms in total. The van der Waals surface area contributed by atoms with E-state index in [0.717, 1.165) is 17.1 Å². The van der Waals surface area contributed by atoms with Crippen molar-refractivity contribution in [1.29, 1.82) is 0 Å². The van der Waals surface area contributed by atoms with Crippen molar-refractivity contribution in [2.45, 2.75) is 0 Å². The monoisotopic (exact) mass is 725 g/mol. The minimum Gasteiger partial charge on any atom is -0.310 e. The lowest BCUT2D eigenvalue weighted by molar-refractivity contribution is 1.30. The molecule has 0 amide bonds. The smallest absolute Gasteiger partial charge is 0.0540 e. The summed E-state index contributed by atoms with van der Waals surface area (Å²) in [5.74, 6) is 0. The van der Waals surface area contributed by atoms with Crippen LogP contribution in [-0.4, -0.2) is 0 Å². The highest BCUT2D eigenvalue weighted by molar-refractivity contribution is 6.00. The normalized spacial score (nSPS) is 11.2. The maximum Gasteiger partial charge on any atom is 0.0540 e. The fraction of sp³-hybridized carbons (Fsp3) is 0. The summed E-state index contributed by atoms with van der Waals surface area (Å²) in [5, 5.41) is 4.92. The predicted molar refractivity (Wildman–Crippen MR) is 243 cm³/mol. The molecule has 0 saturated carbocycles. The predicted octanol–water partition coefficient (Wildman–Crippen LogP) is 15.8. The molecular weight excluding hydrogens is 687 g/mol. The molecular formula is C56H39N. The molecule has 0 bridgehead atoms. The van der Waals surface area contributed by atoms with Crippen molar-refractivity contribution in [2.24, 2.45) is 0 Å². The first-order chi connectivity index (χ1) is 28.3. The van der Waals surface area contributed by atoms with Crippen molar-refractivity contribution in [3.05, 3.63) is 237 Å². The molecule has 10 rings (SSSR count). The molecule has 0 atom stereocenters. The number of fused-ring (bicyclic) bond motifs is 2. The lowest BCUT2D eigenvalue weighted by Crippen LogP contribution is -2.10. The molecule has 0 aliphatic carbocycles. The molecule has 0 spiro atoms. The Kier molecular flexibility index (Phi) is 8.95. The summed E-state index contributed by atoms with van der Waals surface area (Å²) in [6, 6.07) is 85.6. The number of anilines is 3. The van der Waals surface area contributed by atoms with Crippen LogP contribution in [0.3, 0.4) is 0 Å². The van der Waals surface area contributed by atoms with E-state index in [1.165, 1.54) is 77.2 Å². The molecule has 0 saturated heterocycles. The molecule has 10 aromatic rings. The van der Waals surface area contributed by atoms with E-state index in [9.17, 15) is 0 Å². The maximum atomic E-state index is 2.39. The third kappa shape index (κ3) is 6.56. The zero-order valence-electron chi connectivity index (χ0n) is 31.5. The molecule has 0 radical (unpaired) electrons. The van der Waals surface area contributed by atoms with Gasteiger partial charge in [0.2, 0.25) is 0 Å². The molecule has 0 aliphatic heterocycles. The van der Waals surface area contributed by atoms with E-state index in [2.05, 4.69) is 241 Å². The van der Waals surface area contributed by atoms with Crippen LogP contribution in [0, 0.1) is 0 Å².